The Hall–Kier alpha value is -1.55. The SMILES string of the molecule is COc1ccc(COC(=O)CCCN)cc1. The molecule has 0 spiro atoms. The molecule has 1 aromatic carbocycles. The minimum absolute atomic E-state index is 0.207. The number of carbonyl (C=O) groups is 1. The predicted octanol–water partition coefficient (Wildman–Crippen LogP) is 1.48. The van der Waals surface area contributed by atoms with E-state index in [0.717, 1.165) is 11.3 Å². The predicted molar refractivity (Wildman–Crippen MR) is 61.1 cm³/mol. The first kappa shape index (κ1) is 12.5. The van der Waals surface area contributed by atoms with Crippen LogP contribution in [0.2, 0.25) is 0 Å². The molecule has 16 heavy (non-hydrogen) atoms. The second-order valence-electron chi connectivity index (χ2n) is 3.40. The zero-order valence-electron chi connectivity index (χ0n) is 9.44. The summed E-state index contributed by atoms with van der Waals surface area (Å²) in [4.78, 5) is 11.2. The van der Waals surface area contributed by atoms with Gasteiger partial charge in [-0.2, -0.15) is 0 Å². The maximum atomic E-state index is 11.2. The van der Waals surface area contributed by atoms with Crippen molar-refractivity contribution in [3.05, 3.63) is 29.8 Å². The van der Waals surface area contributed by atoms with Crippen LogP contribution >= 0.6 is 0 Å². The van der Waals surface area contributed by atoms with Crippen molar-refractivity contribution in [2.45, 2.75) is 19.4 Å². The molecule has 0 heterocycles. The van der Waals surface area contributed by atoms with Crippen LogP contribution in [0.25, 0.3) is 0 Å². The lowest BCUT2D eigenvalue weighted by molar-refractivity contribution is -0.145. The molecule has 1 rings (SSSR count). The minimum Gasteiger partial charge on any atom is -0.497 e. The first-order valence-corrected chi connectivity index (χ1v) is 5.25. The molecule has 0 fully saturated rings. The van der Waals surface area contributed by atoms with Gasteiger partial charge in [-0.3, -0.25) is 4.79 Å². The number of carbonyl (C=O) groups excluding carboxylic acids is 1. The second-order valence-corrected chi connectivity index (χ2v) is 3.40. The lowest BCUT2D eigenvalue weighted by Crippen LogP contribution is -2.07. The molecule has 0 aromatic heterocycles. The van der Waals surface area contributed by atoms with Crippen molar-refractivity contribution < 1.29 is 14.3 Å². The van der Waals surface area contributed by atoms with E-state index in [1.807, 2.05) is 24.3 Å². The molecule has 1 aromatic rings. The van der Waals surface area contributed by atoms with Gasteiger partial charge < -0.3 is 15.2 Å². The average Bonchev–Trinajstić information content (AvgIpc) is 2.34. The molecule has 0 atom stereocenters. The second kappa shape index (κ2) is 6.85. The van der Waals surface area contributed by atoms with E-state index in [1.165, 1.54) is 0 Å². The molecule has 0 saturated heterocycles. The fourth-order valence-electron chi connectivity index (χ4n) is 1.20. The Balaban J connectivity index is 2.33. The molecule has 0 aliphatic heterocycles. The van der Waals surface area contributed by atoms with Gasteiger partial charge in [0.2, 0.25) is 0 Å². The van der Waals surface area contributed by atoms with Crippen LogP contribution < -0.4 is 10.5 Å². The van der Waals surface area contributed by atoms with E-state index >= 15 is 0 Å². The van der Waals surface area contributed by atoms with Crippen LogP contribution in [0.5, 0.6) is 5.75 Å². The maximum Gasteiger partial charge on any atom is 0.306 e. The molecule has 0 radical (unpaired) electrons. The lowest BCUT2D eigenvalue weighted by Gasteiger charge is -2.05. The highest BCUT2D eigenvalue weighted by molar-refractivity contribution is 5.69. The van der Waals surface area contributed by atoms with E-state index in [1.54, 1.807) is 7.11 Å². The Morgan fingerprint density at radius 2 is 2.00 bits per heavy atom. The molecular formula is C12H17NO3. The average molecular weight is 223 g/mol. The third kappa shape index (κ3) is 4.31. The maximum absolute atomic E-state index is 11.2. The standard InChI is InChI=1S/C12H17NO3/c1-15-11-6-4-10(5-7-11)9-16-12(14)3-2-8-13/h4-7H,2-3,8-9,13H2,1H3. The van der Waals surface area contributed by atoms with E-state index in [4.69, 9.17) is 15.2 Å². The van der Waals surface area contributed by atoms with Crippen molar-refractivity contribution in [1.29, 1.82) is 0 Å². The molecule has 0 aliphatic rings. The zero-order chi connectivity index (χ0) is 11.8. The van der Waals surface area contributed by atoms with Crippen molar-refractivity contribution in [2.24, 2.45) is 5.73 Å². The lowest BCUT2D eigenvalue weighted by atomic mass is 10.2. The van der Waals surface area contributed by atoms with E-state index < -0.39 is 0 Å². The summed E-state index contributed by atoms with van der Waals surface area (Å²) in [6.07, 6.45) is 1.05. The summed E-state index contributed by atoms with van der Waals surface area (Å²) in [7, 11) is 1.61. The molecule has 0 amide bonds. The Bertz CT molecular complexity index is 322. The smallest absolute Gasteiger partial charge is 0.306 e. The Labute approximate surface area is 95.3 Å². The molecule has 0 unspecified atom stereocenters. The molecule has 2 N–H and O–H groups in total. The molecule has 88 valence electrons. The Morgan fingerprint density at radius 3 is 2.56 bits per heavy atom. The monoisotopic (exact) mass is 223 g/mol. The van der Waals surface area contributed by atoms with Gasteiger partial charge in [-0.15, -0.1) is 0 Å². The number of benzene rings is 1. The van der Waals surface area contributed by atoms with E-state index in [0.29, 0.717) is 26.0 Å². The Kier molecular flexibility index (Phi) is 5.36. The molecule has 4 heteroatoms. The van der Waals surface area contributed by atoms with Crippen LogP contribution in [0.15, 0.2) is 24.3 Å². The van der Waals surface area contributed by atoms with Crippen molar-refractivity contribution >= 4 is 5.97 Å². The summed E-state index contributed by atoms with van der Waals surface area (Å²) in [6.45, 7) is 0.811. The number of hydrogen-bond donors (Lipinski definition) is 1. The molecule has 0 aliphatic carbocycles. The van der Waals surface area contributed by atoms with E-state index in [9.17, 15) is 4.79 Å². The summed E-state index contributed by atoms with van der Waals surface area (Å²) >= 11 is 0. The fourth-order valence-corrected chi connectivity index (χ4v) is 1.20. The van der Waals surface area contributed by atoms with Crippen LogP contribution in [0.3, 0.4) is 0 Å². The van der Waals surface area contributed by atoms with Gasteiger partial charge >= 0.3 is 5.97 Å². The summed E-state index contributed by atoms with van der Waals surface area (Å²) in [6, 6.07) is 7.41. The summed E-state index contributed by atoms with van der Waals surface area (Å²) in [5, 5.41) is 0. The van der Waals surface area contributed by atoms with Gasteiger partial charge in [0, 0.05) is 6.42 Å². The molecular weight excluding hydrogens is 206 g/mol. The first-order valence-electron chi connectivity index (χ1n) is 5.25. The van der Waals surface area contributed by atoms with Gasteiger partial charge in [0.25, 0.3) is 0 Å². The Morgan fingerprint density at radius 1 is 1.31 bits per heavy atom. The molecule has 0 saturated carbocycles. The highest BCUT2D eigenvalue weighted by atomic mass is 16.5. The van der Waals surface area contributed by atoms with Gasteiger partial charge in [-0.25, -0.2) is 0 Å². The number of esters is 1. The largest absolute Gasteiger partial charge is 0.497 e. The van der Waals surface area contributed by atoms with Crippen LogP contribution in [0, 0.1) is 0 Å². The van der Waals surface area contributed by atoms with Crippen molar-refractivity contribution in [1.82, 2.24) is 0 Å². The number of nitrogens with two attached hydrogens (primary N) is 1. The van der Waals surface area contributed by atoms with Gasteiger partial charge in [-0.05, 0) is 30.7 Å². The summed E-state index contributed by atoms with van der Waals surface area (Å²) < 4.78 is 10.1. The highest BCUT2D eigenvalue weighted by Crippen LogP contribution is 2.12. The fraction of sp³-hybridized carbons (Fsp3) is 0.417. The van der Waals surface area contributed by atoms with Crippen molar-refractivity contribution in [3.8, 4) is 5.75 Å². The third-order valence-corrected chi connectivity index (χ3v) is 2.14. The number of ether oxygens (including phenoxy) is 2. The van der Waals surface area contributed by atoms with Gasteiger partial charge in [0.05, 0.1) is 7.11 Å². The first-order chi connectivity index (χ1) is 7.76. The van der Waals surface area contributed by atoms with Gasteiger partial charge in [-0.1, -0.05) is 12.1 Å². The summed E-state index contributed by atoms with van der Waals surface area (Å²) in [5.41, 5.74) is 6.24. The van der Waals surface area contributed by atoms with E-state index in [-0.39, 0.29) is 5.97 Å². The third-order valence-electron chi connectivity index (χ3n) is 2.14. The van der Waals surface area contributed by atoms with E-state index in [2.05, 4.69) is 0 Å². The van der Waals surface area contributed by atoms with Crippen LogP contribution in [0.4, 0.5) is 0 Å². The normalized spacial score (nSPS) is 9.88. The number of rotatable bonds is 6. The quantitative estimate of drug-likeness (QED) is 0.742. The van der Waals surface area contributed by atoms with Crippen molar-refractivity contribution in [2.75, 3.05) is 13.7 Å². The van der Waals surface area contributed by atoms with Crippen molar-refractivity contribution in [3.63, 3.8) is 0 Å². The minimum atomic E-state index is -0.207. The van der Waals surface area contributed by atoms with Crippen LogP contribution in [0.1, 0.15) is 18.4 Å². The van der Waals surface area contributed by atoms with Gasteiger partial charge in [0.15, 0.2) is 0 Å². The van der Waals surface area contributed by atoms with Gasteiger partial charge in [0.1, 0.15) is 12.4 Å². The number of methoxy groups -OCH3 is 1. The summed E-state index contributed by atoms with van der Waals surface area (Å²) in [5.74, 6) is 0.583. The zero-order valence-corrected chi connectivity index (χ0v) is 9.44. The molecule has 4 nitrogen and oxygen atoms in total. The number of hydrogen-bond acceptors (Lipinski definition) is 4. The topological polar surface area (TPSA) is 61.5 Å². The molecule has 0 bridgehead atoms. The van der Waals surface area contributed by atoms with Crippen LogP contribution in [-0.2, 0) is 16.1 Å². The highest BCUT2D eigenvalue weighted by Gasteiger charge is 2.02. The van der Waals surface area contributed by atoms with Crippen LogP contribution in [-0.4, -0.2) is 19.6 Å².